The molecule has 0 aliphatic rings. The SMILES string of the molecule is CNC(=O)NCCc1cc(F)cc(F)c1. The number of halogens is 2. The smallest absolute Gasteiger partial charge is 0.314 e. The van der Waals surface area contributed by atoms with E-state index in [1.54, 1.807) is 0 Å². The van der Waals surface area contributed by atoms with E-state index in [1.807, 2.05) is 0 Å². The first-order valence-electron chi connectivity index (χ1n) is 4.52. The summed E-state index contributed by atoms with van der Waals surface area (Å²) in [7, 11) is 1.50. The lowest BCUT2D eigenvalue weighted by molar-refractivity contribution is 0.243. The van der Waals surface area contributed by atoms with Gasteiger partial charge in [0.1, 0.15) is 11.6 Å². The lowest BCUT2D eigenvalue weighted by atomic mass is 10.1. The van der Waals surface area contributed by atoms with Crippen molar-refractivity contribution in [3.63, 3.8) is 0 Å². The first-order valence-corrected chi connectivity index (χ1v) is 4.52. The van der Waals surface area contributed by atoms with Crippen LogP contribution in [0, 0.1) is 11.6 Å². The molecule has 0 aromatic heterocycles. The second kappa shape index (κ2) is 5.29. The van der Waals surface area contributed by atoms with Gasteiger partial charge in [0.15, 0.2) is 0 Å². The Bertz CT molecular complexity index is 335. The third kappa shape index (κ3) is 3.93. The topological polar surface area (TPSA) is 41.1 Å². The molecule has 82 valence electrons. The summed E-state index contributed by atoms with van der Waals surface area (Å²) < 4.78 is 25.5. The maximum absolute atomic E-state index is 12.7. The number of benzene rings is 1. The van der Waals surface area contributed by atoms with Crippen LogP contribution in [0.1, 0.15) is 5.56 Å². The molecule has 1 rings (SSSR count). The Balaban J connectivity index is 2.47. The van der Waals surface area contributed by atoms with Gasteiger partial charge in [-0.15, -0.1) is 0 Å². The summed E-state index contributed by atoms with van der Waals surface area (Å²) in [6, 6.07) is 2.99. The maximum atomic E-state index is 12.7. The maximum Gasteiger partial charge on any atom is 0.314 e. The first kappa shape index (κ1) is 11.4. The molecule has 5 heteroatoms. The predicted octanol–water partition coefficient (Wildman–Crippen LogP) is 1.44. The highest BCUT2D eigenvalue weighted by atomic mass is 19.1. The average Bonchev–Trinajstić information content (AvgIpc) is 2.16. The van der Waals surface area contributed by atoms with Gasteiger partial charge in [0.25, 0.3) is 0 Å². The molecule has 0 saturated heterocycles. The molecule has 1 aromatic rings. The number of hydrogen-bond donors (Lipinski definition) is 2. The van der Waals surface area contributed by atoms with Gasteiger partial charge in [-0.25, -0.2) is 13.6 Å². The van der Waals surface area contributed by atoms with Gasteiger partial charge in [0.2, 0.25) is 0 Å². The van der Waals surface area contributed by atoms with E-state index in [-0.39, 0.29) is 6.03 Å². The fraction of sp³-hybridized carbons (Fsp3) is 0.300. The minimum atomic E-state index is -0.607. The van der Waals surface area contributed by atoms with E-state index >= 15 is 0 Å². The molecule has 0 unspecified atom stereocenters. The van der Waals surface area contributed by atoms with E-state index in [1.165, 1.54) is 19.2 Å². The summed E-state index contributed by atoms with van der Waals surface area (Å²) in [5.41, 5.74) is 0.518. The van der Waals surface area contributed by atoms with Gasteiger partial charge >= 0.3 is 6.03 Å². The zero-order valence-corrected chi connectivity index (χ0v) is 8.31. The highest BCUT2D eigenvalue weighted by Crippen LogP contribution is 2.07. The van der Waals surface area contributed by atoms with Crippen molar-refractivity contribution in [1.82, 2.24) is 10.6 Å². The van der Waals surface area contributed by atoms with E-state index in [4.69, 9.17) is 0 Å². The van der Waals surface area contributed by atoms with E-state index in [0.29, 0.717) is 18.5 Å². The fourth-order valence-corrected chi connectivity index (χ4v) is 1.16. The van der Waals surface area contributed by atoms with Crippen LogP contribution in [0.3, 0.4) is 0 Å². The summed E-state index contributed by atoms with van der Waals surface area (Å²) in [6.07, 6.45) is 0.391. The van der Waals surface area contributed by atoms with Crippen LogP contribution in [-0.2, 0) is 6.42 Å². The standard InChI is InChI=1S/C10H12F2N2O/c1-13-10(15)14-3-2-7-4-8(11)6-9(12)5-7/h4-6H,2-3H2,1H3,(H2,13,14,15). The summed E-state index contributed by atoms with van der Waals surface area (Å²) >= 11 is 0. The Kier molecular flexibility index (Phi) is 4.03. The van der Waals surface area contributed by atoms with E-state index in [2.05, 4.69) is 10.6 Å². The third-order valence-corrected chi connectivity index (χ3v) is 1.85. The molecule has 3 nitrogen and oxygen atoms in total. The molecule has 0 fully saturated rings. The molecule has 0 spiro atoms. The van der Waals surface area contributed by atoms with Gasteiger partial charge in [0.05, 0.1) is 0 Å². The minimum absolute atomic E-state index is 0.313. The van der Waals surface area contributed by atoms with Crippen LogP contribution >= 0.6 is 0 Å². The number of hydrogen-bond acceptors (Lipinski definition) is 1. The summed E-state index contributed by atoms with van der Waals surface area (Å²) in [6.45, 7) is 0.336. The summed E-state index contributed by atoms with van der Waals surface area (Å²) in [4.78, 5) is 10.8. The molecule has 0 radical (unpaired) electrons. The monoisotopic (exact) mass is 214 g/mol. The van der Waals surface area contributed by atoms with Crippen molar-refractivity contribution in [2.75, 3.05) is 13.6 Å². The number of amides is 2. The second-order valence-corrected chi connectivity index (χ2v) is 3.03. The van der Waals surface area contributed by atoms with Crippen molar-refractivity contribution in [1.29, 1.82) is 0 Å². The Morgan fingerprint density at radius 2 is 1.87 bits per heavy atom. The normalized spacial score (nSPS) is 9.80. The number of rotatable bonds is 3. The van der Waals surface area contributed by atoms with Gasteiger partial charge in [-0.1, -0.05) is 0 Å². The molecule has 2 N–H and O–H groups in total. The zero-order chi connectivity index (χ0) is 11.3. The Morgan fingerprint density at radius 3 is 2.40 bits per heavy atom. The van der Waals surface area contributed by atoms with Crippen molar-refractivity contribution >= 4 is 6.03 Å². The number of urea groups is 1. The molecule has 1 aromatic carbocycles. The minimum Gasteiger partial charge on any atom is -0.341 e. The fourth-order valence-electron chi connectivity index (χ4n) is 1.16. The lowest BCUT2D eigenvalue weighted by Crippen LogP contribution is -2.34. The van der Waals surface area contributed by atoms with E-state index in [0.717, 1.165) is 6.07 Å². The van der Waals surface area contributed by atoms with Crippen LogP contribution < -0.4 is 10.6 Å². The molecule has 15 heavy (non-hydrogen) atoms. The van der Waals surface area contributed by atoms with Crippen LogP contribution in [-0.4, -0.2) is 19.6 Å². The molecule has 0 atom stereocenters. The van der Waals surface area contributed by atoms with E-state index in [9.17, 15) is 13.6 Å². The van der Waals surface area contributed by atoms with Crippen LogP contribution in [0.4, 0.5) is 13.6 Å². The third-order valence-electron chi connectivity index (χ3n) is 1.85. The van der Waals surface area contributed by atoms with Gasteiger partial charge < -0.3 is 10.6 Å². The van der Waals surface area contributed by atoms with E-state index < -0.39 is 11.6 Å². The highest BCUT2D eigenvalue weighted by molar-refractivity contribution is 5.73. The summed E-state index contributed by atoms with van der Waals surface area (Å²) in [5, 5.41) is 4.90. The number of carbonyl (C=O) groups is 1. The first-order chi connectivity index (χ1) is 7.11. The molecule has 0 bridgehead atoms. The van der Waals surface area contributed by atoms with Crippen LogP contribution in [0.25, 0.3) is 0 Å². The molecule has 0 heterocycles. The quantitative estimate of drug-likeness (QED) is 0.785. The Labute approximate surface area is 86.5 Å². The Morgan fingerprint density at radius 1 is 1.27 bits per heavy atom. The average molecular weight is 214 g/mol. The molecular weight excluding hydrogens is 202 g/mol. The van der Waals surface area contributed by atoms with Crippen molar-refractivity contribution in [3.8, 4) is 0 Å². The Hall–Kier alpha value is -1.65. The van der Waals surface area contributed by atoms with Crippen LogP contribution in [0.2, 0.25) is 0 Å². The van der Waals surface area contributed by atoms with Crippen LogP contribution in [0.5, 0.6) is 0 Å². The number of nitrogens with one attached hydrogen (secondary N) is 2. The molecular formula is C10H12F2N2O. The molecule has 0 aliphatic carbocycles. The van der Waals surface area contributed by atoms with Crippen molar-refractivity contribution < 1.29 is 13.6 Å². The summed E-state index contributed by atoms with van der Waals surface area (Å²) in [5.74, 6) is -1.21. The zero-order valence-electron chi connectivity index (χ0n) is 8.31. The lowest BCUT2D eigenvalue weighted by Gasteiger charge is -2.04. The molecule has 0 aliphatic heterocycles. The van der Waals surface area contributed by atoms with Gasteiger partial charge in [-0.2, -0.15) is 0 Å². The van der Waals surface area contributed by atoms with Crippen molar-refractivity contribution in [2.45, 2.75) is 6.42 Å². The molecule has 0 saturated carbocycles. The largest absolute Gasteiger partial charge is 0.341 e. The second-order valence-electron chi connectivity index (χ2n) is 3.03. The molecule has 2 amide bonds. The van der Waals surface area contributed by atoms with Gasteiger partial charge in [-0.3, -0.25) is 0 Å². The van der Waals surface area contributed by atoms with Crippen molar-refractivity contribution in [3.05, 3.63) is 35.4 Å². The number of carbonyl (C=O) groups excluding carboxylic acids is 1. The van der Waals surface area contributed by atoms with Gasteiger partial charge in [0, 0.05) is 19.7 Å². The van der Waals surface area contributed by atoms with Gasteiger partial charge in [-0.05, 0) is 24.1 Å². The predicted molar refractivity (Wildman–Crippen MR) is 52.5 cm³/mol. The van der Waals surface area contributed by atoms with Crippen molar-refractivity contribution in [2.24, 2.45) is 0 Å². The highest BCUT2D eigenvalue weighted by Gasteiger charge is 2.01. The van der Waals surface area contributed by atoms with Crippen LogP contribution in [0.15, 0.2) is 18.2 Å².